The van der Waals surface area contributed by atoms with Gasteiger partial charge in [-0.3, -0.25) is 0 Å². The van der Waals surface area contributed by atoms with Gasteiger partial charge < -0.3 is 10.1 Å². The highest BCUT2D eigenvalue weighted by Gasteiger charge is 2.01. The number of hydrogen-bond acceptors (Lipinski definition) is 4. The molecule has 0 aliphatic heterocycles. The van der Waals surface area contributed by atoms with Gasteiger partial charge in [-0.2, -0.15) is 0 Å². The maximum atomic E-state index is 5.04. The third kappa shape index (κ3) is 5.83. The fourth-order valence-electron chi connectivity index (χ4n) is 2.00. The molecular weight excluding hydrogens is 298 g/mol. The molecule has 4 heteroatoms. The Kier molecular flexibility index (Phi) is 7.30. The van der Waals surface area contributed by atoms with Gasteiger partial charge in [0.2, 0.25) is 0 Å². The zero-order valence-electron chi connectivity index (χ0n) is 12.7. The molecule has 0 atom stereocenters. The van der Waals surface area contributed by atoms with E-state index in [0.717, 1.165) is 31.9 Å². The average Bonchev–Trinajstić information content (AvgIpc) is 2.98. The first-order chi connectivity index (χ1) is 10.3. The van der Waals surface area contributed by atoms with E-state index in [9.17, 15) is 0 Å². The highest BCUT2D eigenvalue weighted by Crippen LogP contribution is 2.27. The van der Waals surface area contributed by atoms with Crippen LogP contribution in [0.15, 0.2) is 41.3 Å². The molecule has 0 aliphatic rings. The second-order valence-corrected chi connectivity index (χ2v) is 7.13. The number of aryl methyl sites for hydroxylation is 1. The number of nitrogens with one attached hydrogen (secondary N) is 1. The topological polar surface area (TPSA) is 21.3 Å². The monoisotopic (exact) mass is 321 g/mol. The first kappa shape index (κ1) is 16.6. The maximum Gasteiger partial charge on any atom is 0.0587 e. The van der Waals surface area contributed by atoms with Crippen molar-refractivity contribution in [1.29, 1.82) is 0 Å². The minimum Gasteiger partial charge on any atom is -0.383 e. The molecule has 0 unspecified atom stereocenters. The number of benzene rings is 1. The fraction of sp³-hybridized carbons (Fsp3) is 0.412. The van der Waals surface area contributed by atoms with Crippen molar-refractivity contribution in [2.75, 3.05) is 20.3 Å². The van der Waals surface area contributed by atoms with E-state index in [1.54, 1.807) is 7.11 Å². The fourth-order valence-corrected chi connectivity index (χ4v) is 3.98. The van der Waals surface area contributed by atoms with Crippen LogP contribution in [0.4, 0.5) is 0 Å². The summed E-state index contributed by atoms with van der Waals surface area (Å²) in [5.41, 5.74) is 1.33. The number of thiophene rings is 1. The number of rotatable bonds is 9. The van der Waals surface area contributed by atoms with E-state index in [4.69, 9.17) is 4.74 Å². The first-order valence-corrected chi connectivity index (χ1v) is 9.11. The molecule has 0 saturated carbocycles. The normalized spacial score (nSPS) is 11.0. The van der Waals surface area contributed by atoms with Crippen molar-refractivity contribution in [3.8, 4) is 0 Å². The Morgan fingerprint density at radius 2 is 2.05 bits per heavy atom. The van der Waals surface area contributed by atoms with Crippen LogP contribution in [0.3, 0.4) is 0 Å². The van der Waals surface area contributed by atoms with E-state index >= 15 is 0 Å². The summed E-state index contributed by atoms with van der Waals surface area (Å²) in [5.74, 6) is 1.06. The number of ether oxygens (including phenoxy) is 1. The molecule has 0 bridgehead atoms. The summed E-state index contributed by atoms with van der Waals surface area (Å²) in [5, 5.41) is 3.38. The van der Waals surface area contributed by atoms with Crippen molar-refractivity contribution in [3.05, 3.63) is 51.7 Å². The van der Waals surface area contributed by atoms with Crippen LogP contribution in [0.1, 0.15) is 22.2 Å². The summed E-state index contributed by atoms with van der Waals surface area (Å²) in [7, 11) is 1.73. The summed E-state index contributed by atoms with van der Waals surface area (Å²) in [4.78, 5) is 4.27. The molecule has 1 heterocycles. The number of hydrogen-bond donors (Lipinski definition) is 1. The zero-order chi connectivity index (χ0) is 14.9. The SMILES string of the molecule is CCc1ccc(CSc2cccc(CNCCOC)c2)s1. The molecule has 21 heavy (non-hydrogen) atoms. The lowest BCUT2D eigenvalue weighted by Crippen LogP contribution is -2.18. The Morgan fingerprint density at radius 3 is 2.81 bits per heavy atom. The van der Waals surface area contributed by atoms with E-state index in [0.29, 0.717) is 0 Å². The van der Waals surface area contributed by atoms with Gasteiger partial charge in [-0.25, -0.2) is 0 Å². The van der Waals surface area contributed by atoms with Crippen LogP contribution in [-0.4, -0.2) is 20.3 Å². The van der Waals surface area contributed by atoms with Crippen molar-refractivity contribution < 1.29 is 4.74 Å². The summed E-state index contributed by atoms with van der Waals surface area (Å²) in [6.45, 7) is 4.76. The van der Waals surface area contributed by atoms with E-state index in [1.807, 2.05) is 23.1 Å². The molecule has 0 aliphatic carbocycles. The minimum absolute atomic E-state index is 0.757. The molecule has 0 radical (unpaired) electrons. The Balaban J connectivity index is 1.82. The van der Waals surface area contributed by atoms with Crippen molar-refractivity contribution in [3.63, 3.8) is 0 Å². The Hall–Kier alpha value is -0.810. The highest BCUT2D eigenvalue weighted by molar-refractivity contribution is 7.98. The molecule has 0 spiro atoms. The summed E-state index contributed by atoms with van der Waals surface area (Å²) < 4.78 is 5.04. The molecule has 1 aromatic heterocycles. The maximum absolute atomic E-state index is 5.04. The number of methoxy groups -OCH3 is 1. The molecular formula is C17H23NOS2. The van der Waals surface area contributed by atoms with Crippen LogP contribution < -0.4 is 5.32 Å². The van der Waals surface area contributed by atoms with Crippen LogP contribution in [0.25, 0.3) is 0 Å². The molecule has 2 rings (SSSR count). The van der Waals surface area contributed by atoms with Crippen LogP contribution >= 0.6 is 23.1 Å². The standard InChI is InChI=1S/C17H23NOS2/c1-3-15-7-8-17(21-15)13-20-16-6-4-5-14(11-16)12-18-9-10-19-2/h4-8,11,18H,3,9-10,12-13H2,1-2H3. The van der Waals surface area contributed by atoms with Gasteiger partial charge >= 0.3 is 0 Å². The summed E-state index contributed by atoms with van der Waals surface area (Å²) in [6.07, 6.45) is 1.14. The Morgan fingerprint density at radius 1 is 1.19 bits per heavy atom. The Bertz CT molecular complexity index is 539. The van der Waals surface area contributed by atoms with Crippen molar-refractivity contribution in [2.24, 2.45) is 0 Å². The molecule has 0 amide bonds. The van der Waals surface area contributed by atoms with Gasteiger partial charge in [0.25, 0.3) is 0 Å². The molecule has 0 saturated heterocycles. The van der Waals surface area contributed by atoms with Crippen LogP contribution in [0, 0.1) is 0 Å². The lowest BCUT2D eigenvalue weighted by Gasteiger charge is -2.06. The first-order valence-electron chi connectivity index (χ1n) is 7.30. The van der Waals surface area contributed by atoms with Crippen molar-refractivity contribution >= 4 is 23.1 Å². The van der Waals surface area contributed by atoms with E-state index in [-0.39, 0.29) is 0 Å². The van der Waals surface area contributed by atoms with Gasteiger partial charge in [0.05, 0.1) is 6.61 Å². The van der Waals surface area contributed by atoms with Crippen molar-refractivity contribution in [2.45, 2.75) is 30.5 Å². The molecule has 1 aromatic carbocycles. The Labute approximate surface area is 135 Å². The van der Waals surface area contributed by atoms with E-state index in [1.165, 1.54) is 20.2 Å². The highest BCUT2D eigenvalue weighted by atomic mass is 32.2. The predicted molar refractivity (Wildman–Crippen MR) is 93.3 cm³/mol. The third-order valence-electron chi connectivity index (χ3n) is 3.16. The number of thioether (sulfide) groups is 1. The van der Waals surface area contributed by atoms with E-state index in [2.05, 4.69) is 48.6 Å². The summed E-state index contributed by atoms with van der Waals surface area (Å²) in [6, 6.07) is 13.3. The molecule has 1 N–H and O–H groups in total. The molecule has 0 fully saturated rings. The molecule has 114 valence electrons. The van der Waals surface area contributed by atoms with Crippen LogP contribution in [0.5, 0.6) is 0 Å². The van der Waals surface area contributed by atoms with Crippen LogP contribution in [0.2, 0.25) is 0 Å². The minimum atomic E-state index is 0.757. The van der Waals surface area contributed by atoms with Gasteiger partial charge in [0, 0.05) is 40.6 Å². The zero-order valence-corrected chi connectivity index (χ0v) is 14.4. The van der Waals surface area contributed by atoms with Crippen LogP contribution in [-0.2, 0) is 23.5 Å². The van der Waals surface area contributed by atoms with Gasteiger partial charge in [0.15, 0.2) is 0 Å². The van der Waals surface area contributed by atoms with Gasteiger partial charge in [-0.1, -0.05) is 19.1 Å². The second-order valence-electron chi connectivity index (χ2n) is 4.83. The summed E-state index contributed by atoms with van der Waals surface area (Å²) >= 11 is 3.84. The third-order valence-corrected chi connectivity index (χ3v) is 5.61. The predicted octanol–water partition coefficient (Wildman–Crippen LogP) is 4.34. The lowest BCUT2D eigenvalue weighted by molar-refractivity contribution is 0.199. The lowest BCUT2D eigenvalue weighted by atomic mass is 10.2. The van der Waals surface area contributed by atoms with Gasteiger partial charge in [-0.15, -0.1) is 23.1 Å². The average molecular weight is 322 g/mol. The van der Waals surface area contributed by atoms with Gasteiger partial charge in [0.1, 0.15) is 0 Å². The smallest absolute Gasteiger partial charge is 0.0587 e. The largest absolute Gasteiger partial charge is 0.383 e. The second kappa shape index (κ2) is 9.26. The quantitative estimate of drug-likeness (QED) is 0.548. The van der Waals surface area contributed by atoms with E-state index < -0.39 is 0 Å². The van der Waals surface area contributed by atoms with Crippen molar-refractivity contribution in [1.82, 2.24) is 5.32 Å². The van der Waals surface area contributed by atoms with Gasteiger partial charge in [-0.05, 0) is 36.2 Å². The molecule has 2 aromatic rings. The molecule has 2 nitrogen and oxygen atoms in total.